The zero-order chi connectivity index (χ0) is 17.2. The van der Waals surface area contributed by atoms with Crippen LogP contribution in [-0.4, -0.2) is 28.6 Å². The molecule has 23 heavy (non-hydrogen) atoms. The van der Waals surface area contributed by atoms with Gasteiger partial charge in [-0.05, 0) is 43.2 Å². The Balaban J connectivity index is 2.39. The van der Waals surface area contributed by atoms with Crippen LogP contribution >= 0.6 is 11.3 Å². The summed E-state index contributed by atoms with van der Waals surface area (Å²) in [7, 11) is -1.14. The lowest BCUT2D eigenvalue weighted by Crippen LogP contribution is -2.13. The fraction of sp³-hybridized carbons (Fsp3) is 0.267. The SMILES string of the molecule is COC(=O)c1sc(NS(=O)(=O)c2cc(C)ccc2OC)cc1C. The van der Waals surface area contributed by atoms with Crippen molar-refractivity contribution in [1.29, 1.82) is 0 Å². The third kappa shape index (κ3) is 3.65. The molecular weight excluding hydrogens is 338 g/mol. The summed E-state index contributed by atoms with van der Waals surface area (Å²) in [6.45, 7) is 3.51. The first kappa shape index (κ1) is 17.3. The van der Waals surface area contributed by atoms with Crippen molar-refractivity contribution in [3.63, 3.8) is 0 Å². The number of ether oxygens (including phenoxy) is 2. The highest BCUT2D eigenvalue weighted by atomic mass is 32.2. The minimum atomic E-state index is -3.83. The Bertz CT molecular complexity index is 840. The number of aryl methyl sites for hydroxylation is 2. The number of carbonyl (C=O) groups is 1. The van der Waals surface area contributed by atoms with Crippen molar-refractivity contribution in [2.75, 3.05) is 18.9 Å². The van der Waals surface area contributed by atoms with Gasteiger partial charge in [-0.15, -0.1) is 11.3 Å². The second kappa shape index (κ2) is 6.59. The molecule has 0 radical (unpaired) electrons. The number of benzene rings is 1. The lowest BCUT2D eigenvalue weighted by Gasteiger charge is -2.11. The van der Waals surface area contributed by atoms with Gasteiger partial charge in [0.05, 0.1) is 14.2 Å². The maximum Gasteiger partial charge on any atom is 0.348 e. The topological polar surface area (TPSA) is 81.7 Å². The van der Waals surface area contributed by atoms with Gasteiger partial charge in [0.25, 0.3) is 10.0 Å². The maximum atomic E-state index is 12.6. The van der Waals surface area contributed by atoms with Gasteiger partial charge in [0, 0.05) is 0 Å². The first-order valence-corrected chi connectivity index (χ1v) is 8.94. The minimum Gasteiger partial charge on any atom is -0.495 e. The molecule has 2 aromatic rings. The molecule has 0 spiro atoms. The van der Waals surface area contributed by atoms with Gasteiger partial charge < -0.3 is 9.47 Å². The molecule has 0 aliphatic rings. The first-order valence-electron chi connectivity index (χ1n) is 6.64. The predicted molar refractivity (Wildman–Crippen MR) is 88.9 cm³/mol. The molecular formula is C15H17NO5S2. The van der Waals surface area contributed by atoms with Gasteiger partial charge >= 0.3 is 5.97 Å². The van der Waals surface area contributed by atoms with Gasteiger partial charge in [-0.3, -0.25) is 4.72 Å². The lowest BCUT2D eigenvalue weighted by molar-refractivity contribution is 0.0605. The zero-order valence-electron chi connectivity index (χ0n) is 13.2. The highest BCUT2D eigenvalue weighted by Crippen LogP contribution is 2.31. The quantitative estimate of drug-likeness (QED) is 0.834. The summed E-state index contributed by atoms with van der Waals surface area (Å²) in [4.78, 5) is 12.0. The molecule has 0 amide bonds. The molecule has 1 heterocycles. The van der Waals surface area contributed by atoms with Crippen LogP contribution in [0.15, 0.2) is 29.2 Å². The summed E-state index contributed by atoms with van der Waals surface area (Å²) in [5.41, 5.74) is 1.44. The van der Waals surface area contributed by atoms with Gasteiger partial charge in [-0.1, -0.05) is 6.07 Å². The van der Waals surface area contributed by atoms with Gasteiger partial charge in [0.15, 0.2) is 0 Å². The van der Waals surface area contributed by atoms with Gasteiger partial charge in [0.1, 0.15) is 20.5 Å². The molecule has 1 aromatic heterocycles. The highest BCUT2D eigenvalue weighted by Gasteiger charge is 2.22. The molecule has 0 bridgehead atoms. The Labute approximate surface area is 139 Å². The van der Waals surface area contributed by atoms with Crippen LogP contribution in [0.1, 0.15) is 20.8 Å². The van der Waals surface area contributed by atoms with Crippen molar-refractivity contribution < 1.29 is 22.7 Å². The fourth-order valence-electron chi connectivity index (χ4n) is 2.01. The number of hydrogen-bond acceptors (Lipinski definition) is 6. The third-order valence-electron chi connectivity index (χ3n) is 3.13. The van der Waals surface area contributed by atoms with Crippen LogP contribution in [0.4, 0.5) is 5.00 Å². The number of thiophene rings is 1. The molecule has 0 unspecified atom stereocenters. The van der Waals surface area contributed by atoms with Crippen molar-refractivity contribution in [1.82, 2.24) is 0 Å². The Hall–Kier alpha value is -2.06. The first-order chi connectivity index (χ1) is 10.8. The Morgan fingerprint density at radius 1 is 1.17 bits per heavy atom. The Morgan fingerprint density at radius 3 is 2.48 bits per heavy atom. The average molecular weight is 355 g/mol. The molecule has 0 saturated heterocycles. The van der Waals surface area contributed by atoms with Crippen LogP contribution in [0.25, 0.3) is 0 Å². The smallest absolute Gasteiger partial charge is 0.348 e. The van der Waals surface area contributed by atoms with Gasteiger partial charge in [0.2, 0.25) is 0 Å². The molecule has 0 aliphatic heterocycles. The van der Waals surface area contributed by atoms with Crippen molar-refractivity contribution in [2.45, 2.75) is 18.7 Å². The molecule has 6 nitrogen and oxygen atoms in total. The second-order valence-corrected chi connectivity index (χ2v) is 7.58. The van der Waals surface area contributed by atoms with E-state index in [1.54, 1.807) is 32.0 Å². The van der Waals surface area contributed by atoms with Crippen LogP contribution in [0.2, 0.25) is 0 Å². The summed E-state index contributed by atoms with van der Waals surface area (Å²) >= 11 is 1.03. The summed E-state index contributed by atoms with van der Waals surface area (Å²) in [5, 5.41) is 0.339. The van der Waals surface area contributed by atoms with Crippen molar-refractivity contribution in [2.24, 2.45) is 0 Å². The molecule has 124 valence electrons. The van der Waals surface area contributed by atoms with E-state index >= 15 is 0 Å². The van der Waals surface area contributed by atoms with E-state index in [0.717, 1.165) is 16.9 Å². The Morgan fingerprint density at radius 2 is 1.87 bits per heavy atom. The summed E-state index contributed by atoms with van der Waals surface area (Å²) in [6.07, 6.45) is 0. The van der Waals surface area contributed by atoms with E-state index in [2.05, 4.69) is 9.46 Å². The van der Waals surface area contributed by atoms with Crippen LogP contribution in [0.5, 0.6) is 5.75 Å². The van der Waals surface area contributed by atoms with Crippen molar-refractivity contribution in [3.8, 4) is 5.75 Å². The van der Waals surface area contributed by atoms with E-state index in [1.165, 1.54) is 20.3 Å². The zero-order valence-corrected chi connectivity index (χ0v) is 14.8. The molecule has 0 aliphatic carbocycles. The predicted octanol–water partition coefficient (Wildman–Crippen LogP) is 2.96. The molecule has 0 atom stereocenters. The normalized spacial score (nSPS) is 11.1. The Kier molecular flexibility index (Phi) is 4.96. The average Bonchev–Trinajstić information content (AvgIpc) is 2.86. The highest BCUT2D eigenvalue weighted by molar-refractivity contribution is 7.93. The van der Waals surface area contributed by atoms with E-state index < -0.39 is 16.0 Å². The largest absolute Gasteiger partial charge is 0.495 e. The van der Waals surface area contributed by atoms with Crippen LogP contribution in [-0.2, 0) is 14.8 Å². The fourth-order valence-corrected chi connectivity index (χ4v) is 4.54. The molecule has 2 rings (SSSR count). The van der Waals surface area contributed by atoms with E-state index in [0.29, 0.717) is 15.4 Å². The molecule has 0 saturated carbocycles. The molecule has 1 N–H and O–H groups in total. The van der Waals surface area contributed by atoms with Crippen LogP contribution < -0.4 is 9.46 Å². The molecule has 0 fully saturated rings. The van der Waals surface area contributed by atoms with Crippen LogP contribution in [0.3, 0.4) is 0 Å². The molecule has 1 aromatic carbocycles. The van der Waals surface area contributed by atoms with Crippen molar-refractivity contribution in [3.05, 3.63) is 40.3 Å². The number of methoxy groups -OCH3 is 2. The third-order valence-corrected chi connectivity index (χ3v) is 5.78. The summed E-state index contributed by atoms with van der Waals surface area (Å²) < 4.78 is 37.5. The second-order valence-electron chi connectivity index (χ2n) is 4.87. The van der Waals surface area contributed by atoms with E-state index in [1.807, 2.05) is 0 Å². The molecule has 8 heteroatoms. The number of carbonyl (C=O) groups excluding carboxylic acids is 1. The summed E-state index contributed by atoms with van der Waals surface area (Å²) in [5.74, 6) is -0.240. The number of esters is 1. The standard InChI is InChI=1S/C15H17NO5S2/c1-9-5-6-11(20-3)12(7-9)23(18,19)16-13-8-10(2)14(22-13)15(17)21-4/h5-8,16H,1-4H3. The van der Waals surface area contributed by atoms with E-state index in [-0.39, 0.29) is 10.6 Å². The van der Waals surface area contributed by atoms with Gasteiger partial charge in [-0.25, -0.2) is 13.2 Å². The van der Waals surface area contributed by atoms with E-state index in [4.69, 9.17) is 4.74 Å². The lowest BCUT2D eigenvalue weighted by atomic mass is 10.2. The maximum absolute atomic E-state index is 12.6. The number of hydrogen-bond donors (Lipinski definition) is 1. The number of anilines is 1. The van der Waals surface area contributed by atoms with Gasteiger partial charge in [-0.2, -0.15) is 0 Å². The van der Waals surface area contributed by atoms with Crippen LogP contribution in [0, 0.1) is 13.8 Å². The number of sulfonamides is 1. The van der Waals surface area contributed by atoms with Crippen molar-refractivity contribution >= 4 is 32.3 Å². The summed E-state index contributed by atoms with van der Waals surface area (Å²) in [6, 6.07) is 6.49. The number of rotatable bonds is 5. The number of nitrogens with one attached hydrogen (secondary N) is 1. The van der Waals surface area contributed by atoms with E-state index in [9.17, 15) is 13.2 Å². The monoisotopic (exact) mass is 355 g/mol. The minimum absolute atomic E-state index is 0.0469.